The average Bonchev–Trinajstić information content (AvgIpc) is 2.97. The molecule has 1 aromatic heterocycles. The first kappa shape index (κ1) is 18.1. The lowest BCUT2D eigenvalue weighted by atomic mass is 10.1. The number of aryl methyl sites for hydroxylation is 4. The van der Waals surface area contributed by atoms with Crippen molar-refractivity contribution in [1.82, 2.24) is 15.0 Å². The number of carbonyl (C=O) groups excluding carboxylic acids is 1. The van der Waals surface area contributed by atoms with E-state index < -0.39 is 11.9 Å². The van der Waals surface area contributed by atoms with E-state index in [1.807, 2.05) is 0 Å². The van der Waals surface area contributed by atoms with E-state index in [0.29, 0.717) is 12.8 Å². The second kappa shape index (κ2) is 7.27. The molecule has 26 heavy (non-hydrogen) atoms. The molecule has 0 aliphatic heterocycles. The maximum absolute atomic E-state index is 11.5. The topological polar surface area (TPSA) is 93.2 Å². The Bertz CT molecular complexity index is 945. The van der Waals surface area contributed by atoms with Crippen LogP contribution in [0, 0.1) is 20.8 Å². The molecule has 0 aliphatic carbocycles. The molecule has 2 aromatic carbocycles. The number of benzene rings is 2. The maximum atomic E-state index is 11.5. The van der Waals surface area contributed by atoms with Crippen molar-refractivity contribution in [2.75, 3.05) is 0 Å². The second-order valence-electron chi connectivity index (χ2n) is 6.75. The van der Waals surface area contributed by atoms with Crippen LogP contribution in [0.2, 0.25) is 0 Å². The highest BCUT2D eigenvalue weighted by atomic mass is 16.5. The van der Waals surface area contributed by atoms with E-state index in [4.69, 9.17) is 15.9 Å². The van der Waals surface area contributed by atoms with Crippen LogP contribution in [0.1, 0.15) is 28.9 Å². The Hall–Kier alpha value is -2.70. The van der Waals surface area contributed by atoms with Crippen LogP contribution in [-0.2, 0) is 11.2 Å². The Morgan fingerprint density at radius 2 is 1.85 bits per heavy atom. The number of hydrogen-bond acceptors (Lipinski definition) is 4. The van der Waals surface area contributed by atoms with Gasteiger partial charge in [0.25, 0.3) is 5.91 Å². The predicted octanol–water partition coefficient (Wildman–Crippen LogP) is 2.72. The molecule has 0 unspecified atom stereocenters. The molecule has 1 amide bonds. The normalized spacial score (nSPS) is 12.3. The largest absolute Gasteiger partial charge is 0.320 e. The fourth-order valence-electron chi connectivity index (χ4n) is 3.03. The average molecular weight is 352 g/mol. The number of carbonyl (C=O) groups is 1. The Morgan fingerprint density at radius 3 is 2.50 bits per heavy atom. The molecule has 3 rings (SSSR count). The fourth-order valence-corrected chi connectivity index (χ4v) is 3.03. The van der Waals surface area contributed by atoms with Crippen molar-refractivity contribution in [2.24, 2.45) is 5.73 Å². The van der Waals surface area contributed by atoms with Gasteiger partial charge < -0.3 is 5.73 Å². The standard InChI is InChI=1S/C20H24N4O2/c1-12-4-6-15(7-5-12)24-18-11-14(3)13(2)10-17(18)22-19(24)9-8-16(21)20(25)23-26/h4-7,10-11,16,26H,8-9,21H2,1-3H3,(H,23,25)/t16-/m0/s1. The Kier molecular flexibility index (Phi) is 5.06. The quantitative estimate of drug-likeness (QED) is 0.486. The highest BCUT2D eigenvalue weighted by molar-refractivity contribution is 5.81. The molecule has 0 saturated carbocycles. The summed E-state index contributed by atoms with van der Waals surface area (Å²) in [6.07, 6.45) is 0.911. The van der Waals surface area contributed by atoms with Gasteiger partial charge in [0.1, 0.15) is 5.82 Å². The molecule has 6 nitrogen and oxygen atoms in total. The third kappa shape index (κ3) is 3.47. The van der Waals surface area contributed by atoms with E-state index in [1.165, 1.54) is 16.7 Å². The van der Waals surface area contributed by atoms with Crippen LogP contribution >= 0.6 is 0 Å². The van der Waals surface area contributed by atoms with Crippen LogP contribution in [-0.4, -0.2) is 26.7 Å². The monoisotopic (exact) mass is 352 g/mol. The molecular formula is C20H24N4O2. The van der Waals surface area contributed by atoms with E-state index in [1.54, 1.807) is 5.48 Å². The number of hydroxylamine groups is 1. The van der Waals surface area contributed by atoms with Crippen molar-refractivity contribution in [3.05, 3.63) is 58.9 Å². The molecule has 0 spiro atoms. The third-order valence-corrected chi connectivity index (χ3v) is 4.76. The van der Waals surface area contributed by atoms with E-state index >= 15 is 0 Å². The number of hydrogen-bond donors (Lipinski definition) is 3. The number of rotatable bonds is 5. The van der Waals surface area contributed by atoms with Crippen molar-refractivity contribution in [3.8, 4) is 5.69 Å². The van der Waals surface area contributed by atoms with Gasteiger partial charge in [-0.15, -0.1) is 0 Å². The molecule has 0 radical (unpaired) electrons. The molecule has 1 heterocycles. The smallest absolute Gasteiger partial charge is 0.260 e. The van der Waals surface area contributed by atoms with Gasteiger partial charge in [0.15, 0.2) is 0 Å². The van der Waals surface area contributed by atoms with Crippen molar-refractivity contribution in [2.45, 2.75) is 39.7 Å². The first-order valence-corrected chi connectivity index (χ1v) is 8.66. The SMILES string of the molecule is Cc1ccc(-n2c(CC[C@H](N)C(=O)NO)nc3cc(C)c(C)cc32)cc1. The van der Waals surface area contributed by atoms with Gasteiger partial charge in [-0.05, 0) is 62.6 Å². The first-order valence-electron chi connectivity index (χ1n) is 8.66. The zero-order valence-electron chi connectivity index (χ0n) is 15.3. The molecule has 3 aromatic rings. The highest BCUT2D eigenvalue weighted by Gasteiger charge is 2.17. The van der Waals surface area contributed by atoms with Crippen LogP contribution in [0.4, 0.5) is 0 Å². The van der Waals surface area contributed by atoms with Gasteiger partial charge in [-0.25, -0.2) is 10.5 Å². The van der Waals surface area contributed by atoms with Crippen molar-refractivity contribution in [3.63, 3.8) is 0 Å². The zero-order chi connectivity index (χ0) is 18.8. The minimum atomic E-state index is -0.783. The highest BCUT2D eigenvalue weighted by Crippen LogP contribution is 2.25. The van der Waals surface area contributed by atoms with Gasteiger partial charge in [-0.3, -0.25) is 14.6 Å². The number of nitrogens with two attached hydrogens (primary N) is 1. The van der Waals surface area contributed by atoms with Crippen LogP contribution in [0.3, 0.4) is 0 Å². The fraction of sp³-hybridized carbons (Fsp3) is 0.300. The van der Waals surface area contributed by atoms with Crippen molar-refractivity contribution < 1.29 is 10.0 Å². The zero-order valence-corrected chi connectivity index (χ0v) is 15.3. The molecule has 0 fully saturated rings. The van der Waals surface area contributed by atoms with E-state index in [-0.39, 0.29) is 0 Å². The Balaban J connectivity index is 2.07. The molecule has 0 saturated heterocycles. The van der Waals surface area contributed by atoms with Gasteiger partial charge in [0.05, 0.1) is 17.1 Å². The number of aromatic nitrogens is 2. The summed E-state index contributed by atoms with van der Waals surface area (Å²) < 4.78 is 2.12. The van der Waals surface area contributed by atoms with Crippen molar-refractivity contribution in [1.29, 1.82) is 0 Å². The van der Waals surface area contributed by atoms with E-state index in [0.717, 1.165) is 22.5 Å². The summed E-state index contributed by atoms with van der Waals surface area (Å²) in [6.45, 7) is 6.21. The molecule has 4 N–H and O–H groups in total. The molecule has 1 atom stereocenters. The Labute approximate surface area is 152 Å². The van der Waals surface area contributed by atoms with Crippen LogP contribution in [0.5, 0.6) is 0 Å². The Morgan fingerprint density at radius 1 is 1.19 bits per heavy atom. The summed E-state index contributed by atoms with van der Waals surface area (Å²) in [4.78, 5) is 16.3. The molecular weight excluding hydrogens is 328 g/mol. The predicted molar refractivity (Wildman–Crippen MR) is 102 cm³/mol. The number of nitrogens with zero attached hydrogens (tertiary/aromatic N) is 2. The van der Waals surface area contributed by atoms with Crippen molar-refractivity contribution >= 4 is 16.9 Å². The lowest BCUT2D eigenvalue weighted by Gasteiger charge is -2.12. The minimum absolute atomic E-state index is 0.388. The van der Waals surface area contributed by atoms with Gasteiger partial charge in [-0.1, -0.05) is 17.7 Å². The molecule has 6 heteroatoms. The number of fused-ring (bicyclic) bond motifs is 1. The summed E-state index contributed by atoms with van der Waals surface area (Å²) in [7, 11) is 0. The summed E-state index contributed by atoms with van der Waals surface area (Å²) in [5, 5.41) is 8.74. The molecule has 136 valence electrons. The number of imidazole rings is 1. The maximum Gasteiger partial charge on any atom is 0.260 e. The van der Waals surface area contributed by atoms with E-state index in [9.17, 15) is 4.79 Å². The number of amides is 1. The minimum Gasteiger partial charge on any atom is -0.320 e. The van der Waals surface area contributed by atoms with Crippen LogP contribution < -0.4 is 11.2 Å². The third-order valence-electron chi connectivity index (χ3n) is 4.76. The second-order valence-corrected chi connectivity index (χ2v) is 6.75. The first-order chi connectivity index (χ1) is 12.4. The summed E-state index contributed by atoms with van der Waals surface area (Å²) in [5.74, 6) is 0.254. The summed E-state index contributed by atoms with van der Waals surface area (Å²) >= 11 is 0. The summed E-state index contributed by atoms with van der Waals surface area (Å²) in [6, 6.07) is 11.7. The van der Waals surface area contributed by atoms with Gasteiger partial charge in [-0.2, -0.15) is 0 Å². The lowest BCUT2D eigenvalue weighted by molar-refractivity contribution is -0.130. The molecule has 0 bridgehead atoms. The lowest BCUT2D eigenvalue weighted by Crippen LogP contribution is -2.39. The van der Waals surface area contributed by atoms with Gasteiger partial charge in [0.2, 0.25) is 0 Å². The summed E-state index contributed by atoms with van der Waals surface area (Å²) in [5.41, 5.74) is 14.0. The van der Waals surface area contributed by atoms with E-state index in [2.05, 4.69) is 61.7 Å². The van der Waals surface area contributed by atoms with Gasteiger partial charge >= 0.3 is 0 Å². The van der Waals surface area contributed by atoms with Crippen LogP contribution in [0.25, 0.3) is 16.7 Å². The van der Waals surface area contributed by atoms with Gasteiger partial charge in [0, 0.05) is 12.1 Å². The van der Waals surface area contributed by atoms with Crippen LogP contribution in [0.15, 0.2) is 36.4 Å². The molecule has 0 aliphatic rings. The number of nitrogens with one attached hydrogen (secondary N) is 1.